The summed E-state index contributed by atoms with van der Waals surface area (Å²) in [6.45, 7) is 12.2. The van der Waals surface area contributed by atoms with Crippen LogP contribution in [-0.2, 0) is 14.3 Å². The van der Waals surface area contributed by atoms with Crippen molar-refractivity contribution in [1.29, 1.82) is 0 Å². The predicted octanol–water partition coefficient (Wildman–Crippen LogP) is 2.15. The Morgan fingerprint density at radius 2 is 2.00 bits per heavy atom. The van der Waals surface area contributed by atoms with Crippen LogP contribution in [0.4, 0.5) is 0 Å². The normalized spacial score (nSPS) is 25.4. The van der Waals surface area contributed by atoms with Crippen LogP contribution in [0.25, 0.3) is 0 Å². The average molecular weight is 285 g/mol. The van der Waals surface area contributed by atoms with Crippen LogP contribution in [0.1, 0.15) is 48.0 Å². The van der Waals surface area contributed by atoms with Crippen LogP contribution in [0.5, 0.6) is 0 Å². The number of ether oxygens (including phenoxy) is 1. The second kappa shape index (κ2) is 5.72. The highest BCUT2D eigenvalue weighted by molar-refractivity contribution is 5.85. The van der Waals surface area contributed by atoms with Gasteiger partial charge in [0.05, 0.1) is 17.1 Å². The molecule has 116 valence electrons. The number of aliphatic carboxylic acids is 1. The van der Waals surface area contributed by atoms with Gasteiger partial charge in [-0.1, -0.05) is 13.8 Å². The van der Waals surface area contributed by atoms with Crippen LogP contribution in [0.3, 0.4) is 0 Å². The van der Waals surface area contributed by atoms with Gasteiger partial charge < -0.3 is 14.7 Å². The first-order chi connectivity index (χ1) is 8.98. The maximum absolute atomic E-state index is 12.5. The molecule has 0 radical (unpaired) electrons. The van der Waals surface area contributed by atoms with Gasteiger partial charge in [0, 0.05) is 19.5 Å². The van der Waals surface area contributed by atoms with E-state index in [9.17, 15) is 14.7 Å². The molecule has 1 rings (SSSR count). The molecule has 0 spiro atoms. The number of rotatable bonds is 4. The van der Waals surface area contributed by atoms with Crippen LogP contribution in [0.2, 0.25) is 0 Å². The number of carboxylic acid groups (broad SMARTS) is 1. The molecule has 1 aliphatic heterocycles. The molecule has 20 heavy (non-hydrogen) atoms. The Morgan fingerprint density at radius 1 is 1.45 bits per heavy atom. The quantitative estimate of drug-likeness (QED) is 0.859. The number of carbonyl (C=O) groups is 2. The molecule has 0 aromatic rings. The average Bonchev–Trinajstić information content (AvgIpc) is 2.25. The van der Waals surface area contributed by atoms with Crippen molar-refractivity contribution < 1.29 is 19.4 Å². The van der Waals surface area contributed by atoms with E-state index in [2.05, 4.69) is 0 Å². The number of carbonyl (C=O) groups excluding carboxylic acids is 1. The van der Waals surface area contributed by atoms with E-state index in [0.29, 0.717) is 13.1 Å². The fourth-order valence-electron chi connectivity index (χ4n) is 2.60. The minimum atomic E-state index is -1.03. The highest BCUT2D eigenvalue weighted by Gasteiger charge is 2.42. The topological polar surface area (TPSA) is 66.8 Å². The maximum Gasteiger partial charge on any atom is 0.310 e. The summed E-state index contributed by atoms with van der Waals surface area (Å²) in [7, 11) is 0. The number of nitrogens with zero attached hydrogens (tertiary/aromatic N) is 1. The van der Waals surface area contributed by atoms with E-state index in [-0.39, 0.29) is 30.0 Å². The first-order valence-corrected chi connectivity index (χ1v) is 7.17. The van der Waals surface area contributed by atoms with E-state index in [1.165, 1.54) is 0 Å². The molecule has 0 aromatic heterocycles. The number of morpholine rings is 1. The summed E-state index contributed by atoms with van der Waals surface area (Å²) in [5, 5.41) is 9.41. The van der Waals surface area contributed by atoms with Gasteiger partial charge in [0.25, 0.3) is 0 Å². The van der Waals surface area contributed by atoms with Crippen LogP contribution < -0.4 is 0 Å². The van der Waals surface area contributed by atoms with Crippen molar-refractivity contribution in [3.8, 4) is 0 Å². The standard InChI is InChI=1S/C15H27NO4/c1-10(2)15(6,13(18)19)7-12(17)16-8-11(3)20-14(4,5)9-16/h10-11H,7-9H2,1-6H3,(H,18,19). The van der Waals surface area contributed by atoms with Crippen molar-refractivity contribution in [2.45, 2.75) is 59.7 Å². The van der Waals surface area contributed by atoms with Crippen LogP contribution >= 0.6 is 0 Å². The van der Waals surface area contributed by atoms with Crippen molar-refractivity contribution >= 4 is 11.9 Å². The third-order valence-electron chi connectivity index (χ3n) is 4.20. The van der Waals surface area contributed by atoms with Gasteiger partial charge in [0.2, 0.25) is 5.91 Å². The summed E-state index contributed by atoms with van der Waals surface area (Å²) in [5.74, 6) is -1.12. The lowest BCUT2D eigenvalue weighted by Crippen LogP contribution is -2.55. The highest BCUT2D eigenvalue weighted by Crippen LogP contribution is 2.33. The number of carboxylic acids is 1. The maximum atomic E-state index is 12.5. The van der Waals surface area contributed by atoms with Gasteiger partial charge in [-0.15, -0.1) is 0 Å². The Balaban J connectivity index is 2.82. The summed E-state index contributed by atoms with van der Waals surface area (Å²) in [6.07, 6.45) is 0.000772. The van der Waals surface area contributed by atoms with Crippen LogP contribution in [-0.4, -0.2) is 46.7 Å². The lowest BCUT2D eigenvalue weighted by molar-refractivity contribution is -0.165. The first kappa shape index (κ1) is 17.0. The molecule has 1 N–H and O–H groups in total. The zero-order valence-corrected chi connectivity index (χ0v) is 13.4. The predicted molar refractivity (Wildman–Crippen MR) is 76.4 cm³/mol. The van der Waals surface area contributed by atoms with Crippen molar-refractivity contribution in [2.24, 2.45) is 11.3 Å². The molecule has 1 aliphatic rings. The Labute approximate surface area is 121 Å². The van der Waals surface area contributed by atoms with E-state index in [4.69, 9.17) is 4.74 Å². The molecule has 0 saturated carbocycles. The van der Waals surface area contributed by atoms with E-state index in [1.807, 2.05) is 34.6 Å². The highest BCUT2D eigenvalue weighted by atomic mass is 16.5. The summed E-state index contributed by atoms with van der Waals surface area (Å²) in [5.41, 5.74) is -1.41. The Bertz CT molecular complexity index is 391. The molecule has 1 amide bonds. The number of hydrogen-bond donors (Lipinski definition) is 1. The lowest BCUT2D eigenvalue weighted by Gasteiger charge is -2.42. The second-order valence-corrected chi connectivity index (χ2v) is 7.02. The van der Waals surface area contributed by atoms with Gasteiger partial charge in [-0.25, -0.2) is 0 Å². The molecular weight excluding hydrogens is 258 g/mol. The van der Waals surface area contributed by atoms with Gasteiger partial charge >= 0.3 is 5.97 Å². The van der Waals surface area contributed by atoms with Crippen LogP contribution in [0.15, 0.2) is 0 Å². The monoisotopic (exact) mass is 285 g/mol. The largest absolute Gasteiger partial charge is 0.481 e. The van der Waals surface area contributed by atoms with E-state index in [0.717, 1.165) is 0 Å². The Kier molecular flexibility index (Phi) is 4.85. The molecule has 1 fully saturated rings. The molecule has 0 aromatic carbocycles. The molecule has 0 aliphatic carbocycles. The Hall–Kier alpha value is -1.10. The van der Waals surface area contributed by atoms with Gasteiger partial charge in [-0.05, 0) is 33.6 Å². The van der Waals surface area contributed by atoms with Gasteiger partial charge in [0.1, 0.15) is 0 Å². The molecule has 0 bridgehead atoms. The minimum Gasteiger partial charge on any atom is -0.481 e. The zero-order chi connectivity index (χ0) is 15.7. The van der Waals surface area contributed by atoms with Crippen molar-refractivity contribution in [3.63, 3.8) is 0 Å². The van der Waals surface area contributed by atoms with Crippen molar-refractivity contribution in [2.75, 3.05) is 13.1 Å². The number of hydrogen-bond acceptors (Lipinski definition) is 3. The third-order valence-corrected chi connectivity index (χ3v) is 4.20. The second-order valence-electron chi connectivity index (χ2n) is 7.02. The smallest absolute Gasteiger partial charge is 0.310 e. The molecule has 1 saturated heterocycles. The Morgan fingerprint density at radius 3 is 2.40 bits per heavy atom. The summed E-state index contributed by atoms with van der Waals surface area (Å²) in [6, 6.07) is 0. The lowest BCUT2D eigenvalue weighted by atomic mass is 9.76. The SMILES string of the molecule is CC1CN(C(=O)CC(C)(C(=O)O)C(C)C)CC(C)(C)O1. The van der Waals surface area contributed by atoms with Gasteiger partial charge in [-0.3, -0.25) is 9.59 Å². The van der Waals surface area contributed by atoms with Gasteiger partial charge in [0.15, 0.2) is 0 Å². The van der Waals surface area contributed by atoms with Crippen molar-refractivity contribution in [3.05, 3.63) is 0 Å². The van der Waals surface area contributed by atoms with E-state index in [1.54, 1.807) is 11.8 Å². The summed E-state index contributed by atoms with van der Waals surface area (Å²) < 4.78 is 5.77. The summed E-state index contributed by atoms with van der Waals surface area (Å²) in [4.78, 5) is 25.7. The third kappa shape index (κ3) is 3.72. The van der Waals surface area contributed by atoms with Gasteiger partial charge in [-0.2, -0.15) is 0 Å². The molecular formula is C15H27NO4. The summed E-state index contributed by atoms with van der Waals surface area (Å²) >= 11 is 0. The fraction of sp³-hybridized carbons (Fsp3) is 0.867. The van der Waals surface area contributed by atoms with Crippen molar-refractivity contribution in [1.82, 2.24) is 4.90 Å². The molecule has 2 unspecified atom stereocenters. The molecule has 5 heteroatoms. The zero-order valence-electron chi connectivity index (χ0n) is 13.4. The molecule has 2 atom stereocenters. The molecule has 5 nitrogen and oxygen atoms in total. The fourth-order valence-corrected chi connectivity index (χ4v) is 2.60. The minimum absolute atomic E-state index is 0.0298. The van der Waals surface area contributed by atoms with Crippen LogP contribution in [0, 0.1) is 11.3 Å². The van der Waals surface area contributed by atoms with E-state index < -0.39 is 11.4 Å². The van der Waals surface area contributed by atoms with E-state index >= 15 is 0 Å². The number of amides is 1. The molecule has 1 heterocycles. The first-order valence-electron chi connectivity index (χ1n) is 7.17.